The fraction of sp³-hybridized carbons (Fsp3) is 0.800. The van der Waals surface area contributed by atoms with Crippen LogP contribution >= 0.6 is 11.3 Å². The second-order valence-corrected chi connectivity index (χ2v) is 10.4. The Hall–Kier alpha value is -0.900. The van der Waals surface area contributed by atoms with Crippen LogP contribution in [0.4, 0.5) is 5.13 Å². The van der Waals surface area contributed by atoms with Crippen molar-refractivity contribution in [2.45, 2.75) is 71.1 Å². The number of hydrogen-bond donors (Lipinski definition) is 1. The Morgan fingerprint density at radius 1 is 1.08 bits per heavy atom. The molecule has 24 heavy (non-hydrogen) atoms. The van der Waals surface area contributed by atoms with Gasteiger partial charge in [-0.25, -0.2) is 4.98 Å². The Morgan fingerprint density at radius 2 is 1.92 bits per heavy atom. The lowest BCUT2D eigenvalue weighted by molar-refractivity contribution is -0.134. The zero-order chi connectivity index (χ0) is 16.7. The summed E-state index contributed by atoms with van der Waals surface area (Å²) >= 11 is 1.75. The van der Waals surface area contributed by atoms with Gasteiger partial charge in [-0.05, 0) is 68.1 Å². The molecule has 0 aromatic carbocycles. The monoisotopic (exact) mass is 344 g/mol. The van der Waals surface area contributed by atoms with E-state index >= 15 is 0 Å². The van der Waals surface area contributed by atoms with Gasteiger partial charge in [-0.15, -0.1) is 11.3 Å². The molecular weight excluding hydrogens is 316 g/mol. The Balaban J connectivity index is 1.52. The van der Waals surface area contributed by atoms with E-state index in [9.17, 15) is 4.79 Å². The molecule has 1 heterocycles. The van der Waals surface area contributed by atoms with Crippen LogP contribution in [0.15, 0.2) is 0 Å². The van der Waals surface area contributed by atoms with Crippen LogP contribution in [0.25, 0.3) is 0 Å². The number of aromatic nitrogens is 1. The number of nitrogens with two attached hydrogens (primary N) is 1. The zero-order valence-electron chi connectivity index (χ0n) is 14.8. The van der Waals surface area contributed by atoms with Crippen molar-refractivity contribution in [2.75, 3.05) is 5.73 Å². The van der Waals surface area contributed by atoms with Gasteiger partial charge in [0.25, 0.3) is 0 Å². The predicted molar refractivity (Wildman–Crippen MR) is 97.0 cm³/mol. The number of Topliss-reactive ketones (excluding diaryl/α,β-unsaturated/α-hetero) is 1. The Bertz CT molecular complexity index is 712. The molecule has 1 aromatic rings. The van der Waals surface area contributed by atoms with E-state index in [0.717, 1.165) is 42.7 Å². The minimum Gasteiger partial charge on any atom is -0.375 e. The highest BCUT2D eigenvalue weighted by Gasteiger charge is 2.60. The highest BCUT2D eigenvalue weighted by Crippen LogP contribution is 2.67. The van der Waals surface area contributed by atoms with Crippen LogP contribution in [0.5, 0.6) is 0 Å². The number of thiazole rings is 1. The summed E-state index contributed by atoms with van der Waals surface area (Å²) in [5.41, 5.74) is 7.70. The van der Waals surface area contributed by atoms with Crippen molar-refractivity contribution < 1.29 is 4.79 Å². The van der Waals surface area contributed by atoms with Gasteiger partial charge in [0.1, 0.15) is 5.78 Å². The van der Waals surface area contributed by atoms with Crippen LogP contribution < -0.4 is 5.73 Å². The lowest BCUT2D eigenvalue weighted by atomic mass is 9.46. The van der Waals surface area contributed by atoms with Crippen LogP contribution in [-0.4, -0.2) is 10.8 Å². The second kappa shape index (κ2) is 4.84. The lowest BCUT2D eigenvalue weighted by Crippen LogP contribution is -2.52. The van der Waals surface area contributed by atoms with Crippen molar-refractivity contribution in [1.29, 1.82) is 0 Å². The van der Waals surface area contributed by atoms with Crippen molar-refractivity contribution >= 4 is 22.3 Å². The van der Waals surface area contributed by atoms with Gasteiger partial charge in [0.2, 0.25) is 0 Å². The Morgan fingerprint density at radius 3 is 2.75 bits per heavy atom. The summed E-state index contributed by atoms with van der Waals surface area (Å²) in [4.78, 5) is 18.6. The number of carbonyl (C=O) groups excluding carboxylic acids is 1. The van der Waals surface area contributed by atoms with Gasteiger partial charge < -0.3 is 5.73 Å². The third kappa shape index (κ3) is 1.79. The average Bonchev–Trinajstić information content (AvgIpc) is 3.06. The third-order valence-electron chi connectivity index (χ3n) is 8.54. The van der Waals surface area contributed by atoms with E-state index < -0.39 is 0 Å². The van der Waals surface area contributed by atoms with Gasteiger partial charge in [-0.3, -0.25) is 4.79 Å². The smallest absolute Gasteiger partial charge is 0.180 e. The molecule has 3 saturated carbocycles. The van der Waals surface area contributed by atoms with Crippen molar-refractivity contribution in [2.24, 2.45) is 28.6 Å². The molecule has 2 N–H and O–H groups in total. The fourth-order valence-electron chi connectivity index (χ4n) is 7.24. The quantitative estimate of drug-likeness (QED) is 0.750. The molecule has 0 bridgehead atoms. The molecule has 4 heteroatoms. The zero-order valence-corrected chi connectivity index (χ0v) is 15.6. The normalized spacial score (nSPS) is 46.8. The van der Waals surface area contributed by atoms with Crippen molar-refractivity contribution in [1.82, 2.24) is 4.98 Å². The topological polar surface area (TPSA) is 56.0 Å². The SMILES string of the molecule is C[C@]12CCc3nc(N)sc3C1CC[C@@H]1[C@@H]2CC[C@]2(C)C(=O)CC[C@@H]12. The molecule has 130 valence electrons. The van der Waals surface area contributed by atoms with E-state index in [4.69, 9.17) is 5.73 Å². The van der Waals surface area contributed by atoms with Crippen molar-refractivity contribution in [3.8, 4) is 0 Å². The number of ketones is 1. The summed E-state index contributed by atoms with van der Waals surface area (Å²) in [5, 5.41) is 0.754. The van der Waals surface area contributed by atoms with Crippen molar-refractivity contribution in [3.05, 3.63) is 10.6 Å². The number of anilines is 1. The van der Waals surface area contributed by atoms with Crippen LogP contribution in [0.1, 0.15) is 75.3 Å². The van der Waals surface area contributed by atoms with Crippen LogP contribution in [0.3, 0.4) is 0 Å². The van der Waals surface area contributed by atoms with E-state index in [1.54, 1.807) is 11.3 Å². The largest absolute Gasteiger partial charge is 0.375 e. The molecule has 4 aliphatic carbocycles. The molecule has 3 fully saturated rings. The number of nitrogen functional groups attached to an aromatic ring is 1. The Labute approximate surface area is 148 Å². The van der Waals surface area contributed by atoms with Gasteiger partial charge in [0, 0.05) is 22.6 Å². The summed E-state index contributed by atoms with van der Waals surface area (Å²) < 4.78 is 0. The molecule has 0 amide bonds. The third-order valence-corrected chi connectivity index (χ3v) is 9.58. The van der Waals surface area contributed by atoms with Crippen LogP contribution in [-0.2, 0) is 11.2 Å². The molecular formula is C20H28N2OS. The molecule has 1 unspecified atom stereocenters. The molecule has 1 aromatic heterocycles. The number of fused-ring (bicyclic) bond motifs is 7. The van der Waals surface area contributed by atoms with Gasteiger partial charge in [0.05, 0.1) is 5.69 Å². The molecule has 3 nitrogen and oxygen atoms in total. The summed E-state index contributed by atoms with van der Waals surface area (Å²) in [7, 11) is 0. The van der Waals surface area contributed by atoms with E-state index in [2.05, 4.69) is 18.8 Å². The van der Waals surface area contributed by atoms with E-state index in [1.165, 1.54) is 36.3 Å². The van der Waals surface area contributed by atoms with Crippen LogP contribution in [0.2, 0.25) is 0 Å². The summed E-state index contributed by atoms with van der Waals surface area (Å²) in [6, 6.07) is 0. The molecule has 0 saturated heterocycles. The predicted octanol–water partition coefficient (Wildman–Crippen LogP) is 4.57. The average molecular weight is 345 g/mol. The number of hydrogen-bond acceptors (Lipinski definition) is 4. The first-order valence-corrected chi connectivity index (χ1v) is 10.5. The highest BCUT2D eigenvalue weighted by molar-refractivity contribution is 7.15. The maximum atomic E-state index is 12.5. The molecule has 0 radical (unpaired) electrons. The maximum absolute atomic E-state index is 12.5. The minimum atomic E-state index is -0.000887. The van der Waals surface area contributed by atoms with Gasteiger partial charge >= 0.3 is 0 Å². The number of nitrogens with zero attached hydrogens (tertiary/aromatic N) is 1. The number of carbonyl (C=O) groups is 1. The first-order valence-electron chi connectivity index (χ1n) is 9.72. The maximum Gasteiger partial charge on any atom is 0.180 e. The molecule has 4 aliphatic rings. The highest BCUT2D eigenvalue weighted by atomic mass is 32.1. The van der Waals surface area contributed by atoms with Gasteiger partial charge in [-0.2, -0.15) is 0 Å². The molecule has 0 aliphatic heterocycles. The standard InChI is InChI=1S/C20H28N2OS/c1-19-10-8-15-17(24-18(21)22-15)14(19)4-3-11-12-5-6-16(23)20(12,2)9-7-13(11)19/h11-14H,3-10H2,1-2H3,(H2,21,22)/t11-,12-,13-,14?,19+,20-/m0/s1. The van der Waals surface area contributed by atoms with Crippen molar-refractivity contribution in [3.63, 3.8) is 0 Å². The van der Waals surface area contributed by atoms with E-state index in [1.807, 2.05) is 0 Å². The van der Waals surface area contributed by atoms with Gasteiger partial charge in [-0.1, -0.05) is 13.8 Å². The number of aryl methyl sites for hydroxylation is 1. The number of rotatable bonds is 0. The van der Waals surface area contributed by atoms with E-state index in [-0.39, 0.29) is 5.41 Å². The second-order valence-electron chi connectivity index (χ2n) is 9.29. The molecule has 6 atom stereocenters. The summed E-state index contributed by atoms with van der Waals surface area (Å²) in [6.07, 6.45) is 9.28. The fourth-order valence-corrected chi connectivity index (χ4v) is 8.41. The minimum absolute atomic E-state index is 0.000887. The van der Waals surface area contributed by atoms with E-state index in [0.29, 0.717) is 23.0 Å². The molecule has 0 spiro atoms. The van der Waals surface area contributed by atoms with Crippen LogP contribution in [0, 0.1) is 28.6 Å². The Kier molecular flexibility index (Phi) is 3.10. The first kappa shape index (κ1) is 15.4. The summed E-state index contributed by atoms with van der Waals surface area (Å²) in [6.45, 7) is 4.83. The van der Waals surface area contributed by atoms with Gasteiger partial charge in [0.15, 0.2) is 5.13 Å². The first-order chi connectivity index (χ1) is 11.4. The lowest BCUT2D eigenvalue weighted by Gasteiger charge is -2.59. The summed E-state index contributed by atoms with van der Waals surface area (Å²) in [5.74, 6) is 3.41. The molecule has 5 rings (SSSR count).